The minimum Gasteiger partial charge on any atom is -0.454 e. The van der Waals surface area contributed by atoms with Gasteiger partial charge in [0.25, 0.3) is 0 Å². The van der Waals surface area contributed by atoms with E-state index in [-0.39, 0.29) is 5.71 Å². The summed E-state index contributed by atoms with van der Waals surface area (Å²) in [7, 11) is 0. The lowest BCUT2D eigenvalue weighted by Crippen LogP contribution is -2.25. The lowest BCUT2D eigenvalue weighted by Gasteiger charge is -2.05. The third-order valence-corrected chi connectivity index (χ3v) is 3.21. The van der Waals surface area contributed by atoms with Gasteiger partial charge < -0.3 is 10.1 Å². The molecule has 6 heteroatoms. The normalized spacial score (nSPS) is 11.6. The number of nitriles is 1. The lowest BCUT2D eigenvalue weighted by atomic mass is 10.0. The van der Waals surface area contributed by atoms with Gasteiger partial charge in [0, 0.05) is 16.7 Å². The molecule has 0 aliphatic heterocycles. The monoisotopic (exact) mass is 302 g/mol. The Morgan fingerprint density at radius 2 is 2.10 bits per heavy atom. The van der Waals surface area contributed by atoms with Crippen molar-refractivity contribution < 1.29 is 14.3 Å². The molecule has 108 valence electrons. The third-order valence-electron chi connectivity index (χ3n) is 2.39. The number of nitrogens with one attached hydrogen (secondary N) is 1. The van der Waals surface area contributed by atoms with E-state index in [9.17, 15) is 9.59 Å². The van der Waals surface area contributed by atoms with Crippen molar-refractivity contribution in [3.8, 4) is 6.07 Å². The standard InChI is InChI=1S/C15H14N2O3S/c1-11(17)13(9-16)14(18)10-20-15(19)7-8-21-12-5-3-2-4-6-12/h2-8,13,17H,10H2,1H3/b8-7+,17-11?. The SMILES string of the molecule is CC(=N)C(C#N)C(=O)COC(=O)/C=C/Sc1ccccc1. The highest BCUT2D eigenvalue weighted by Crippen LogP contribution is 2.17. The number of carbonyl (C=O) groups excluding carboxylic acids is 2. The molecular weight excluding hydrogens is 288 g/mol. The number of Topliss-reactive ketones (excluding diaryl/α,β-unsaturated/α-hetero) is 1. The minimum atomic E-state index is -1.15. The predicted molar refractivity (Wildman–Crippen MR) is 79.9 cm³/mol. The summed E-state index contributed by atoms with van der Waals surface area (Å²) in [4.78, 5) is 23.9. The van der Waals surface area contributed by atoms with E-state index >= 15 is 0 Å². The van der Waals surface area contributed by atoms with Crippen LogP contribution in [0.25, 0.3) is 0 Å². The van der Waals surface area contributed by atoms with Gasteiger partial charge in [-0.1, -0.05) is 30.0 Å². The summed E-state index contributed by atoms with van der Waals surface area (Å²) in [5, 5.41) is 17.6. The molecule has 0 fully saturated rings. The first-order valence-electron chi connectivity index (χ1n) is 6.07. The van der Waals surface area contributed by atoms with E-state index in [0.29, 0.717) is 0 Å². The molecular formula is C15H14N2O3S. The first kappa shape index (κ1) is 16.7. The van der Waals surface area contributed by atoms with Crippen LogP contribution in [0.3, 0.4) is 0 Å². The van der Waals surface area contributed by atoms with Gasteiger partial charge in [0.15, 0.2) is 12.4 Å². The van der Waals surface area contributed by atoms with E-state index in [1.807, 2.05) is 30.3 Å². The van der Waals surface area contributed by atoms with Crippen molar-refractivity contribution in [3.05, 3.63) is 41.8 Å². The van der Waals surface area contributed by atoms with E-state index in [4.69, 9.17) is 15.4 Å². The van der Waals surface area contributed by atoms with E-state index < -0.39 is 24.3 Å². The minimum absolute atomic E-state index is 0.0614. The molecule has 0 amide bonds. The summed E-state index contributed by atoms with van der Waals surface area (Å²) < 4.78 is 4.74. The Morgan fingerprint density at radius 1 is 1.43 bits per heavy atom. The first-order valence-corrected chi connectivity index (χ1v) is 6.95. The molecule has 0 heterocycles. The van der Waals surface area contributed by atoms with Crippen LogP contribution in [0.1, 0.15) is 6.92 Å². The number of benzene rings is 1. The maximum atomic E-state index is 11.5. The summed E-state index contributed by atoms with van der Waals surface area (Å²) in [6.07, 6.45) is 1.21. The van der Waals surface area contributed by atoms with Crippen molar-refractivity contribution >= 4 is 29.2 Å². The molecule has 21 heavy (non-hydrogen) atoms. The average molecular weight is 302 g/mol. The highest BCUT2D eigenvalue weighted by atomic mass is 32.2. The third kappa shape index (κ3) is 6.06. The topological polar surface area (TPSA) is 91.0 Å². The molecule has 0 bridgehead atoms. The van der Waals surface area contributed by atoms with Gasteiger partial charge in [-0.15, -0.1) is 0 Å². The molecule has 0 saturated heterocycles. The second-order valence-corrected chi connectivity index (χ2v) is 5.03. The molecule has 1 atom stereocenters. The Labute approximate surface area is 127 Å². The molecule has 0 aliphatic rings. The number of carbonyl (C=O) groups is 2. The van der Waals surface area contributed by atoms with E-state index in [1.54, 1.807) is 11.5 Å². The molecule has 5 nitrogen and oxygen atoms in total. The van der Waals surface area contributed by atoms with Gasteiger partial charge in [-0.2, -0.15) is 5.26 Å². The van der Waals surface area contributed by atoms with Crippen LogP contribution in [-0.2, 0) is 14.3 Å². The van der Waals surface area contributed by atoms with Crippen LogP contribution in [0.2, 0.25) is 0 Å². The average Bonchev–Trinajstić information content (AvgIpc) is 2.46. The number of hydrogen-bond donors (Lipinski definition) is 1. The molecule has 1 rings (SSSR count). The number of hydrogen-bond acceptors (Lipinski definition) is 6. The van der Waals surface area contributed by atoms with Crippen molar-refractivity contribution in [1.29, 1.82) is 10.7 Å². The fraction of sp³-hybridized carbons (Fsp3) is 0.200. The van der Waals surface area contributed by atoms with Gasteiger partial charge in [0.05, 0.1) is 6.07 Å². The van der Waals surface area contributed by atoms with Crippen molar-refractivity contribution in [2.24, 2.45) is 5.92 Å². The number of thioether (sulfide) groups is 1. The van der Waals surface area contributed by atoms with E-state index in [2.05, 4.69) is 0 Å². The summed E-state index contributed by atoms with van der Waals surface area (Å²) in [5.41, 5.74) is -0.0614. The number of esters is 1. The molecule has 0 aliphatic carbocycles. The zero-order valence-corrected chi connectivity index (χ0v) is 12.2. The summed E-state index contributed by atoms with van der Waals surface area (Å²) >= 11 is 1.35. The summed E-state index contributed by atoms with van der Waals surface area (Å²) in [6, 6.07) is 11.2. The number of ether oxygens (including phenoxy) is 1. The van der Waals surface area contributed by atoms with Gasteiger partial charge in [0.2, 0.25) is 0 Å². The fourth-order valence-electron chi connectivity index (χ4n) is 1.35. The molecule has 1 unspecified atom stereocenters. The maximum Gasteiger partial charge on any atom is 0.331 e. The van der Waals surface area contributed by atoms with Gasteiger partial charge >= 0.3 is 5.97 Å². The zero-order valence-electron chi connectivity index (χ0n) is 11.4. The Balaban J connectivity index is 2.39. The molecule has 0 aromatic heterocycles. The van der Waals surface area contributed by atoms with E-state index in [1.165, 1.54) is 24.8 Å². The van der Waals surface area contributed by atoms with Crippen LogP contribution in [0.15, 0.2) is 46.7 Å². The predicted octanol–water partition coefficient (Wildman–Crippen LogP) is 2.58. The molecule has 0 radical (unpaired) electrons. The molecule has 1 N–H and O–H groups in total. The highest BCUT2D eigenvalue weighted by molar-refractivity contribution is 8.02. The Hall–Kier alpha value is -2.39. The molecule has 1 aromatic carbocycles. The molecule has 0 spiro atoms. The smallest absolute Gasteiger partial charge is 0.331 e. The highest BCUT2D eigenvalue weighted by Gasteiger charge is 2.20. The van der Waals surface area contributed by atoms with Crippen LogP contribution in [0, 0.1) is 22.7 Å². The molecule has 1 aromatic rings. The second kappa shape index (κ2) is 8.72. The van der Waals surface area contributed by atoms with Crippen LogP contribution in [0.5, 0.6) is 0 Å². The summed E-state index contributed by atoms with van der Waals surface area (Å²) in [5.74, 6) is -2.41. The largest absolute Gasteiger partial charge is 0.454 e. The van der Waals surface area contributed by atoms with Crippen LogP contribution < -0.4 is 0 Å². The zero-order chi connectivity index (χ0) is 15.7. The number of ketones is 1. The van der Waals surface area contributed by atoms with Crippen LogP contribution in [0.4, 0.5) is 0 Å². The number of nitrogens with zero attached hydrogens (tertiary/aromatic N) is 1. The maximum absolute atomic E-state index is 11.5. The van der Waals surface area contributed by atoms with Crippen LogP contribution in [-0.4, -0.2) is 24.1 Å². The van der Waals surface area contributed by atoms with Crippen molar-refractivity contribution in [2.45, 2.75) is 11.8 Å². The Bertz CT molecular complexity index is 591. The quantitative estimate of drug-likeness (QED) is 0.362. The van der Waals surface area contributed by atoms with Gasteiger partial charge in [-0.3, -0.25) is 4.79 Å². The second-order valence-electron chi connectivity index (χ2n) is 4.05. The molecule has 0 saturated carbocycles. The van der Waals surface area contributed by atoms with Gasteiger partial charge in [0.1, 0.15) is 5.92 Å². The van der Waals surface area contributed by atoms with Gasteiger partial charge in [-0.25, -0.2) is 4.79 Å². The van der Waals surface area contributed by atoms with Crippen molar-refractivity contribution in [3.63, 3.8) is 0 Å². The first-order chi connectivity index (χ1) is 10.0. The van der Waals surface area contributed by atoms with E-state index in [0.717, 1.165) is 4.90 Å². The lowest BCUT2D eigenvalue weighted by molar-refractivity contribution is -0.143. The van der Waals surface area contributed by atoms with Crippen molar-refractivity contribution in [1.82, 2.24) is 0 Å². The van der Waals surface area contributed by atoms with Gasteiger partial charge in [-0.05, 0) is 24.5 Å². The Morgan fingerprint density at radius 3 is 2.67 bits per heavy atom. The van der Waals surface area contributed by atoms with Crippen molar-refractivity contribution in [2.75, 3.05) is 6.61 Å². The Kier molecular flexibility index (Phi) is 6.92. The van der Waals surface area contributed by atoms with Crippen LogP contribution >= 0.6 is 11.8 Å². The fourth-order valence-corrected chi connectivity index (χ4v) is 2.00. The summed E-state index contributed by atoms with van der Waals surface area (Å²) in [6.45, 7) is 0.859. The number of rotatable bonds is 7.